The van der Waals surface area contributed by atoms with Crippen molar-refractivity contribution in [3.63, 3.8) is 0 Å². The summed E-state index contributed by atoms with van der Waals surface area (Å²) in [6.45, 7) is 10.9. The molecule has 2 heterocycles. The number of carbonyl (C=O) groups excluding carboxylic acids is 1. The molecule has 0 unspecified atom stereocenters. The van der Waals surface area contributed by atoms with Crippen LogP contribution in [0.15, 0.2) is 16.9 Å². The first kappa shape index (κ1) is 20.3. The molecule has 0 saturated heterocycles. The number of rotatable bonds is 6. The zero-order valence-corrected chi connectivity index (χ0v) is 18.0. The van der Waals surface area contributed by atoms with Crippen LogP contribution in [0.2, 0.25) is 0 Å². The topological polar surface area (TPSA) is 74.8 Å². The number of amides is 1. The van der Waals surface area contributed by atoms with E-state index in [1.165, 1.54) is 33.6 Å². The van der Waals surface area contributed by atoms with Gasteiger partial charge in [0.05, 0.1) is 5.39 Å². The molecule has 1 amide bonds. The van der Waals surface area contributed by atoms with Crippen molar-refractivity contribution in [1.82, 2.24) is 15.3 Å². The van der Waals surface area contributed by atoms with Crippen molar-refractivity contribution < 1.29 is 4.79 Å². The molecule has 28 heavy (non-hydrogen) atoms. The summed E-state index contributed by atoms with van der Waals surface area (Å²) in [7, 11) is 0. The van der Waals surface area contributed by atoms with E-state index in [4.69, 9.17) is 0 Å². The third-order valence-corrected chi connectivity index (χ3v) is 6.32. The Morgan fingerprint density at radius 2 is 1.79 bits per heavy atom. The Kier molecular flexibility index (Phi) is 5.98. The van der Waals surface area contributed by atoms with Crippen LogP contribution in [-0.4, -0.2) is 22.4 Å². The van der Waals surface area contributed by atoms with Crippen LogP contribution in [0.1, 0.15) is 44.9 Å². The maximum atomic E-state index is 12.3. The lowest BCUT2D eigenvalue weighted by Gasteiger charge is -2.12. The average Bonchev–Trinajstić information content (AvgIpc) is 2.90. The van der Waals surface area contributed by atoms with Crippen molar-refractivity contribution in [2.45, 2.75) is 53.9 Å². The van der Waals surface area contributed by atoms with Gasteiger partial charge >= 0.3 is 0 Å². The number of fused-ring (bicyclic) bond motifs is 1. The van der Waals surface area contributed by atoms with Gasteiger partial charge in [-0.3, -0.25) is 9.59 Å². The Morgan fingerprint density at radius 1 is 1.11 bits per heavy atom. The molecule has 2 N–H and O–H groups in total. The Labute approximate surface area is 169 Å². The van der Waals surface area contributed by atoms with Crippen molar-refractivity contribution >= 4 is 27.5 Å². The van der Waals surface area contributed by atoms with E-state index in [2.05, 4.69) is 48.2 Å². The fraction of sp³-hybridized carbons (Fsp3) is 0.409. The lowest BCUT2D eigenvalue weighted by Crippen LogP contribution is -2.26. The highest BCUT2D eigenvalue weighted by atomic mass is 32.1. The summed E-state index contributed by atoms with van der Waals surface area (Å²) < 4.78 is 0. The SMILES string of the molecule is Cc1cc(C)c(CCNC(=O)CCc2nc3sc(C)c(C)c3c(=O)[nH]2)c(C)c1. The van der Waals surface area contributed by atoms with E-state index >= 15 is 0 Å². The van der Waals surface area contributed by atoms with Crippen LogP contribution in [0.25, 0.3) is 10.2 Å². The molecule has 0 atom stereocenters. The third-order valence-electron chi connectivity index (χ3n) is 5.21. The lowest BCUT2D eigenvalue weighted by atomic mass is 9.97. The average molecular weight is 398 g/mol. The van der Waals surface area contributed by atoms with Crippen molar-refractivity contribution in [3.8, 4) is 0 Å². The van der Waals surface area contributed by atoms with Crippen LogP contribution in [0.5, 0.6) is 0 Å². The van der Waals surface area contributed by atoms with Gasteiger partial charge in [0.1, 0.15) is 10.7 Å². The van der Waals surface area contributed by atoms with E-state index in [9.17, 15) is 9.59 Å². The number of thiophene rings is 1. The number of nitrogens with one attached hydrogen (secondary N) is 2. The predicted molar refractivity (Wildman–Crippen MR) is 115 cm³/mol. The van der Waals surface area contributed by atoms with Crippen LogP contribution in [0.4, 0.5) is 0 Å². The molecule has 0 aliphatic rings. The Morgan fingerprint density at radius 3 is 2.46 bits per heavy atom. The van der Waals surface area contributed by atoms with Gasteiger partial charge in [0.15, 0.2) is 0 Å². The Balaban J connectivity index is 1.56. The molecule has 6 heteroatoms. The van der Waals surface area contributed by atoms with Gasteiger partial charge < -0.3 is 10.3 Å². The summed E-state index contributed by atoms with van der Waals surface area (Å²) in [5, 5.41) is 3.65. The molecule has 3 aromatic rings. The first-order valence-corrected chi connectivity index (χ1v) is 10.4. The summed E-state index contributed by atoms with van der Waals surface area (Å²) in [6.07, 6.45) is 1.55. The Hall–Kier alpha value is -2.47. The first-order chi connectivity index (χ1) is 13.3. The molecular weight excluding hydrogens is 370 g/mol. The molecule has 0 spiro atoms. The molecule has 2 aromatic heterocycles. The standard InChI is InChI=1S/C22H27N3O2S/c1-12-10-13(2)17(14(3)11-12)8-9-23-19(26)7-6-18-24-21(27)20-15(4)16(5)28-22(20)25-18/h10-11H,6-9H2,1-5H3,(H,23,26)(H,24,25,27). The van der Waals surface area contributed by atoms with Gasteiger partial charge in [0.2, 0.25) is 5.91 Å². The molecule has 0 bridgehead atoms. The van der Waals surface area contributed by atoms with Crippen LogP contribution >= 0.6 is 11.3 Å². The maximum Gasteiger partial charge on any atom is 0.259 e. The van der Waals surface area contributed by atoms with E-state index in [1.807, 2.05) is 13.8 Å². The maximum absolute atomic E-state index is 12.3. The van der Waals surface area contributed by atoms with Gasteiger partial charge in [0.25, 0.3) is 5.56 Å². The van der Waals surface area contributed by atoms with Gasteiger partial charge in [-0.15, -0.1) is 11.3 Å². The number of H-pyrrole nitrogens is 1. The van der Waals surface area contributed by atoms with Crippen LogP contribution in [-0.2, 0) is 17.6 Å². The number of benzene rings is 1. The largest absolute Gasteiger partial charge is 0.356 e. The molecule has 0 radical (unpaired) electrons. The number of aromatic amines is 1. The second-order valence-electron chi connectivity index (χ2n) is 7.45. The van der Waals surface area contributed by atoms with Crippen LogP contribution < -0.4 is 10.9 Å². The van der Waals surface area contributed by atoms with E-state index < -0.39 is 0 Å². The van der Waals surface area contributed by atoms with E-state index in [0.717, 1.165) is 21.7 Å². The van der Waals surface area contributed by atoms with Crippen LogP contribution in [0.3, 0.4) is 0 Å². The van der Waals surface area contributed by atoms with Gasteiger partial charge in [-0.25, -0.2) is 4.98 Å². The van der Waals surface area contributed by atoms with Crippen molar-refractivity contribution in [1.29, 1.82) is 0 Å². The van der Waals surface area contributed by atoms with Crippen molar-refractivity contribution in [3.05, 3.63) is 61.0 Å². The lowest BCUT2D eigenvalue weighted by molar-refractivity contribution is -0.121. The zero-order valence-electron chi connectivity index (χ0n) is 17.2. The van der Waals surface area contributed by atoms with Gasteiger partial charge in [-0.1, -0.05) is 17.7 Å². The second kappa shape index (κ2) is 8.27. The van der Waals surface area contributed by atoms with Crippen molar-refractivity contribution in [2.75, 3.05) is 6.54 Å². The minimum atomic E-state index is -0.118. The highest BCUT2D eigenvalue weighted by molar-refractivity contribution is 7.18. The van der Waals surface area contributed by atoms with E-state index in [1.54, 1.807) is 0 Å². The van der Waals surface area contributed by atoms with Crippen molar-refractivity contribution in [2.24, 2.45) is 0 Å². The Bertz CT molecular complexity index is 1070. The molecule has 0 fully saturated rings. The number of carbonyl (C=O) groups is 1. The summed E-state index contributed by atoms with van der Waals surface area (Å²) in [5.74, 6) is 0.544. The summed E-state index contributed by atoms with van der Waals surface area (Å²) in [5.41, 5.74) is 5.96. The number of hydrogen-bond donors (Lipinski definition) is 2. The quantitative estimate of drug-likeness (QED) is 0.664. The molecule has 0 aliphatic heterocycles. The molecule has 3 rings (SSSR count). The van der Waals surface area contributed by atoms with Gasteiger partial charge in [-0.2, -0.15) is 0 Å². The first-order valence-electron chi connectivity index (χ1n) is 9.58. The summed E-state index contributed by atoms with van der Waals surface area (Å²) in [6, 6.07) is 4.35. The molecule has 5 nitrogen and oxygen atoms in total. The third kappa shape index (κ3) is 4.33. The van der Waals surface area contributed by atoms with Gasteiger partial charge in [-0.05, 0) is 63.3 Å². The highest BCUT2D eigenvalue weighted by Crippen LogP contribution is 2.25. The number of hydrogen-bond acceptors (Lipinski definition) is 4. The minimum Gasteiger partial charge on any atom is -0.356 e. The number of aryl methyl sites for hydroxylation is 6. The molecular formula is C22H27N3O2S. The summed E-state index contributed by atoms with van der Waals surface area (Å²) >= 11 is 1.52. The fourth-order valence-corrected chi connectivity index (χ4v) is 4.72. The minimum absolute atomic E-state index is 0.0243. The van der Waals surface area contributed by atoms with Crippen LogP contribution in [0, 0.1) is 34.6 Å². The number of aromatic nitrogens is 2. The summed E-state index contributed by atoms with van der Waals surface area (Å²) in [4.78, 5) is 33.7. The van der Waals surface area contributed by atoms with E-state index in [0.29, 0.717) is 30.6 Å². The monoisotopic (exact) mass is 397 g/mol. The molecule has 148 valence electrons. The molecule has 0 saturated carbocycles. The predicted octanol–water partition coefficient (Wildman–Crippen LogP) is 3.82. The number of nitrogens with zero attached hydrogens (tertiary/aromatic N) is 1. The highest BCUT2D eigenvalue weighted by Gasteiger charge is 2.12. The zero-order chi connectivity index (χ0) is 20.4. The van der Waals surface area contributed by atoms with Gasteiger partial charge in [0, 0.05) is 24.3 Å². The molecule has 0 aliphatic carbocycles. The van der Waals surface area contributed by atoms with E-state index in [-0.39, 0.29) is 11.5 Å². The fourth-order valence-electron chi connectivity index (χ4n) is 3.67. The normalized spacial score (nSPS) is 11.2. The second-order valence-corrected chi connectivity index (χ2v) is 8.66. The smallest absolute Gasteiger partial charge is 0.259 e. The molecule has 1 aromatic carbocycles.